The number of fused-ring (bicyclic) bond motifs is 1. The number of rotatable bonds is 4. The van der Waals surface area contributed by atoms with Gasteiger partial charge in [0.15, 0.2) is 5.13 Å². The molecule has 0 atom stereocenters. The van der Waals surface area contributed by atoms with Gasteiger partial charge in [0, 0.05) is 24.2 Å². The summed E-state index contributed by atoms with van der Waals surface area (Å²) in [5, 5.41) is 8.16. The quantitative estimate of drug-likeness (QED) is 0.446. The number of nitrogens with one attached hydrogen (secondary N) is 1. The first-order chi connectivity index (χ1) is 14.7. The normalized spacial score (nSPS) is 11.0. The van der Waals surface area contributed by atoms with Crippen LogP contribution in [0.3, 0.4) is 0 Å². The summed E-state index contributed by atoms with van der Waals surface area (Å²) in [4.78, 5) is 21.9. The smallest absolute Gasteiger partial charge is 0.261 e. The van der Waals surface area contributed by atoms with Crippen molar-refractivity contribution in [3.05, 3.63) is 90.4 Å². The molecule has 6 nitrogen and oxygen atoms in total. The van der Waals surface area contributed by atoms with E-state index in [4.69, 9.17) is 0 Å². The Morgan fingerprint density at radius 1 is 1.07 bits per heavy atom. The monoisotopic (exact) mass is 411 g/mol. The van der Waals surface area contributed by atoms with Gasteiger partial charge in [0.2, 0.25) is 0 Å². The van der Waals surface area contributed by atoms with Crippen LogP contribution in [0, 0.1) is 6.92 Å². The maximum absolute atomic E-state index is 13.2. The summed E-state index contributed by atoms with van der Waals surface area (Å²) in [5.74, 6) is -0.258. The fourth-order valence-corrected chi connectivity index (χ4v) is 4.18. The predicted molar refractivity (Wildman–Crippen MR) is 119 cm³/mol. The number of nitrogens with zero attached hydrogens (tertiary/aromatic N) is 4. The molecular formula is C23H17N5OS. The SMILES string of the molecule is Cc1ccc2nc(NC(=O)c3cn(-c4ccccc4)nc3-c3cccnc3)sc2c1. The fraction of sp³-hybridized carbons (Fsp3) is 0.0435. The number of pyridine rings is 1. The molecule has 0 radical (unpaired) electrons. The van der Waals surface area contributed by atoms with Crippen LogP contribution in [-0.4, -0.2) is 25.7 Å². The van der Waals surface area contributed by atoms with Gasteiger partial charge in [-0.3, -0.25) is 15.1 Å². The number of anilines is 1. The second-order valence-corrected chi connectivity index (χ2v) is 7.89. The zero-order valence-electron chi connectivity index (χ0n) is 16.1. The molecule has 3 aromatic heterocycles. The van der Waals surface area contributed by atoms with E-state index in [9.17, 15) is 4.79 Å². The van der Waals surface area contributed by atoms with Gasteiger partial charge in [0.05, 0.1) is 21.5 Å². The molecule has 1 amide bonds. The van der Waals surface area contributed by atoms with Crippen LogP contribution in [0.25, 0.3) is 27.2 Å². The maximum Gasteiger partial charge on any atom is 0.261 e. The van der Waals surface area contributed by atoms with E-state index < -0.39 is 0 Å². The standard InChI is InChI=1S/C23H17N5OS/c1-15-9-10-19-20(12-15)30-23(25-19)26-22(29)18-14-28(17-7-3-2-4-8-17)27-21(18)16-6-5-11-24-13-16/h2-14H,1H3,(H,25,26,29). The van der Waals surface area contributed by atoms with E-state index >= 15 is 0 Å². The van der Waals surface area contributed by atoms with Crippen molar-refractivity contribution < 1.29 is 4.79 Å². The summed E-state index contributed by atoms with van der Waals surface area (Å²) < 4.78 is 2.75. The lowest BCUT2D eigenvalue weighted by Gasteiger charge is -2.02. The molecular weight excluding hydrogens is 394 g/mol. The number of amides is 1. The van der Waals surface area contributed by atoms with Gasteiger partial charge in [-0.15, -0.1) is 0 Å². The van der Waals surface area contributed by atoms with Crippen LogP contribution in [0.5, 0.6) is 0 Å². The van der Waals surface area contributed by atoms with Crippen molar-refractivity contribution in [2.75, 3.05) is 5.32 Å². The average molecular weight is 411 g/mol. The maximum atomic E-state index is 13.2. The Balaban J connectivity index is 1.54. The van der Waals surface area contributed by atoms with Crippen molar-refractivity contribution in [3.63, 3.8) is 0 Å². The molecule has 0 aliphatic carbocycles. The number of hydrogen-bond donors (Lipinski definition) is 1. The van der Waals surface area contributed by atoms with Gasteiger partial charge in [-0.1, -0.05) is 35.6 Å². The van der Waals surface area contributed by atoms with Gasteiger partial charge in [0.25, 0.3) is 5.91 Å². The molecule has 0 aliphatic rings. The number of carbonyl (C=O) groups excluding carboxylic acids is 1. The summed E-state index contributed by atoms with van der Waals surface area (Å²) >= 11 is 1.46. The highest BCUT2D eigenvalue weighted by molar-refractivity contribution is 7.22. The Kier molecular flexibility index (Phi) is 4.57. The molecule has 3 heterocycles. The van der Waals surface area contributed by atoms with Crippen LogP contribution in [0.15, 0.2) is 79.3 Å². The highest BCUT2D eigenvalue weighted by atomic mass is 32.1. The Hall–Kier alpha value is -3.84. The van der Waals surface area contributed by atoms with Crippen molar-refractivity contribution in [1.29, 1.82) is 0 Å². The predicted octanol–water partition coefficient (Wildman–Crippen LogP) is 5.10. The number of hydrogen-bond acceptors (Lipinski definition) is 5. The molecule has 7 heteroatoms. The minimum Gasteiger partial charge on any atom is -0.298 e. The van der Waals surface area contributed by atoms with E-state index in [0.717, 1.165) is 27.0 Å². The van der Waals surface area contributed by atoms with Crippen molar-refractivity contribution in [2.45, 2.75) is 6.92 Å². The zero-order valence-corrected chi connectivity index (χ0v) is 16.9. The van der Waals surface area contributed by atoms with Gasteiger partial charge in [0.1, 0.15) is 5.69 Å². The molecule has 0 unspecified atom stereocenters. The third kappa shape index (κ3) is 3.46. The van der Waals surface area contributed by atoms with Crippen LogP contribution in [-0.2, 0) is 0 Å². The lowest BCUT2D eigenvalue weighted by molar-refractivity contribution is 0.102. The van der Waals surface area contributed by atoms with Crippen LogP contribution in [0.2, 0.25) is 0 Å². The van der Waals surface area contributed by atoms with E-state index in [1.807, 2.05) is 61.5 Å². The van der Waals surface area contributed by atoms with E-state index in [0.29, 0.717) is 16.4 Å². The van der Waals surface area contributed by atoms with Gasteiger partial charge in [-0.25, -0.2) is 9.67 Å². The molecule has 5 aromatic rings. The average Bonchev–Trinajstić information content (AvgIpc) is 3.39. The Bertz CT molecular complexity index is 1340. The van der Waals surface area contributed by atoms with E-state index in [1.165, 1.54) is 11.3 Å². The number of thiazole rings is 1. The molecule has 5 rings (SSSR count). The van der Waals surface area contributed by atoms with Gasteiger partial charge in [-0.05, 0) is 48.9 Å². The highest BCUT2D eigenvalue weighted by Gasteiger charge is 2.20. The van der Waals surface area contributed by atoms with Crippen molar-refractivity contribution in [2.24, 2.45) is 0 Å². The number of benzene rings is 2. The molecule has 0 aliphatic heterocycles. The number of aryl methyl sites for hydroxylation is 1. The summed E-state index contributed by atoms with van der Waals surface area (Å²) in [6, 6.07) is 19.5. The van der Waals surface area contributed by atoms with Crippen molar-refractivity contribution >= 4 is 32.6 Å². The van der Waals surface area contributed by atoms with Gasteiger partial charge >= 0.3 is 0 Å². The largest absolute Gasteiger partial charge is 0.298 e. The van der Waals surface area contributed by atoms with Crippen LogP contribution >= 0.6 is 11.3 Å². The van der Waals surface area contributed by atoms with Crippen LogP contribution < -0.4 is 5.32 Å². The summed E-state index contributed by atoms with van der Waals surface area (Å²) in [7, 11) is 0. The topological polar surface area (TPSA) is 72.7 Å². The number of para-hydroxylation sites is 1. The van der Waals surface area contributed by atoms with E-state index in [-0.39, 0.29) is 5.91 Å². The molecule has 146 valence electrons. The number of carbonyl (C=O) groups is 1. The molecule has 0 saturated heterocycles. The number of aromatic nitrogens is 4. The molecule has 0 bridgehead atoms. The molecule has 2 aromatic carbocycles. The molecule has 0 spiro atoms. The van der Waals surface area contributed by atoms with Crippen molar-refractivity contribution in [1.82, 2.24) is 19.7 Å². The molecule has 0 fully saturated rings. The summed E-state index contributed by atoms with van der Waals surface area (Å²) in [6.45, 7) is 2.04. The Morgan fingerprint density at radius 2 is 1.93 bits per heavy atom. The minimum atomic E-state index is -0.258. The third-order valence-electron chi connectivity index (χ3n) is 4.68. The first-order valence-electron chi connectivity index (χ1n) is 9.41. The minimum absolute atomic E-state index is 0.258. The molecule has 30 heavy (non-hydrogen) atoms. The zero-order chi connectivity index (χ0) is 20.5. The van der Waals surface area contributed by atoms with Gasteiger partial charge < -0.3 is 0 Å². The molecule has 1 N–H and O–H groups in total. The summed E-state index contributed by atoms with van der Waals surface area (Å²) in [5.41, 5.74) is 4.71. The Morgan fingerprint density at radius 3 is 2.73 bits per heavy atom. The van der Waals surface area contributed by atoms with Crippen molar-refractivity contribution in [3.8, 4) is 16.9 Å². The highest BCUT2D eigenvalue weighted by Crippen LogP contribution is 2.28. The first kappa shape index (κ1) is 18.2. The van der Waals surface area contributed by atoms with Gasteiger partial charge in [-0.2, -0.15) is 5.10 Å². The first-order valence-corrected chi connectivity index (χ1v) is 10.2. The third-order valence-corrected chi connectivity index (χ3v) is 5.61. The van der Waals surface area contributed by atoms with E-state index in [2.05, 4.69) is 26.4 Å². The van der Waals surface area contributed by atoms with Crippen LogP contribution in [0.1, 0.15) is 15.9 Å². The lowest BCUT2D eigenvalue weighted by atomic mass is 10.1. The lowest BCUT2D eigenvalue weighted by Crippen LogP contribution is -2.12. The fourth-order valence-electron chi connectivity index (χ4n) is 3.22. The summed E-state index contributed by atoms with van der Waals surface area (Å²) in [6.07, 6.45) is 5.14. The van der Waals surface area contributed by atoms with Crippen LogP contribution in [0.4, 0.5) is 5.13 Å². The van der Waals surface area contributed by atoms with E-state index in [1.54, 1.807) is 23.3 Å². The Labute approximate surface area is 176 Å². The second kappa shape index (κ2) is 7.53. The second-order valence-electron chi connectivity index (χ2n) is 6.86. The molecule has 0 saturated carbocycles.